The molecule has 1 aliphatic heterocycles. The summed E-state index contributed by atoms with van der Waals surface area (Å²) in [5, 5.41) is 2.85. The van der Waals surface area contributed by atoms with Crippen molar-refractivity contribution in [3.63, 3.8) is 0 Å². The number of anilines is 2. The Bertz CT molecular complexity index is 694. The number of aromatic nitrogens is 2. The summed E-state index contributed by atoms with van der Waals surface area (Å²) in [6.07, 6.45) is 3.28. The van der Waals surface area contributed by atoms with Crippen LogP contribution in [0.4, 0.5) is 11.6 Å². The van der Waals surface area contributed by atoms with E-state index in [9.17, 15) is 4.79 Å². The molecule has 1 fully saturated rings. The van der Waals surface area contributed by atoms with E-state index in [1.165, 1.54) is 0 Å². The third-order valence-electron chi connectivity index (χ3n) is 3.83. The van der Waals surface area contributed by atoms with Gasteiger partial charge < -0.3 is 15.0 Å². The Balaban J connectivity index is 1.70. The van der Waals surface area contributed by atoms with Gasteiger partial charge in [-0.3, -0.25) is 4.79 Å². The Labute approximate surface area is 135 Å². The lowest BCUT2D eigenvalue weighted by molar-refractivity contribution is 0.102. The smallest absolute Gasteiger partial charge is 0.256 e. The fourth-order valence-electron chi connectivity index (χ4n) is 2.49. The molecule has 1 amide bonds. The van der Waals surface area contributed by atoms with Crippen LogP contribution in [0.15, 0.2) is 30.6 Å². The van der Waals surface area contributed by atoms with E-state index < -0.39 is 0 Å². The van der Waals surface area contributed by atoms with Crippen LogP contribution in [-0.4, -0.2) is 42.2 Å². The van der Waals surface area contributed by atoms with Crippen molar-refractivity contribution in [2.24, 2.45) is 0 Å². The van der Waals surface area contributed by atoms with Gasteiger partial charge in [-0.2, -0.15) is 0 Å². The van der Waals surface area contributed by atoms with Crippen molar-refractivity contribution in [3.8, 4) is 0 Å². The lowest BCUT2D eigenvalue weighted by atomic mass is 10.1. The van der Waals surface area contributed by atoms with Crippen molar-refractivity contribution in [2.45, 2.75) is 13.8 Å². The van der Waals surface area contributed by atoms with Crippen LogP contribution < -0.4 is 10.2 Å². The number of amides is 1. The standard InChI is InChI=1S/C17H20N4O2/c1-12-3-4-13(2)15(9-12)16(22)20-14-10-18-17(19-11-14)21-5-7-23-8-6-21/h3-4,9-11H,5-8H2,1-2H3,(H,20,22). The summed E-state index contributed by atoms with van der Waals surface area (Å²) in [4.78, 5) is 23.1. The van der Waals surface area contributed by atoms with Crippen LogP contribution in [-0.2, 0) is 4.74 Å². The molecule has 1 aromatic carbocycles. The van der Waals surface area contributed by atoms with E-state index in [-0.39, 0.29) is 5.91 Å². The summed E-state index contributed by atoms with van der Waals surface area (Å²) >= 11 is 0. The SMILES string of the molecule is Cc1ccc(C)c(C(=O)Nc2cnc(N3CCOCC3)nc2)c1. The van der Waals surface area contributed by atoms with Gasteiger partial charge in [-0.25, -0.2) is 9.97 Å². The van der Waals surface area contributed by atoms with E-state index in [1.807, 2.05) is 32.0 Å². The minimum Gasteiger partial charge on any atom is -0.378 e. The molecule has 3 rings (SSSR count). The molecule has 23 heavy (non-hydrogen) atoms. The highest BCUT2D eigenvalue weighted by molar-refractivity contribution is 6.05. The largest absolute Gasteiger partial charge is 0.378 e. The number of rotatable bonds is 3. The number of carbonyl (C=O) groups is 1. The lowest BCUT2D eigenvalue weighted by Gasteiger charge is -2.26. The quantitative estimate of drug-likeness (QED) is 0.941. The Morgan fingerprint density at radius 3 is 2.57 bits per heavy atom. The molecule has 2 heterocycles. The molecule has 6 heteroatoms. The van der Waals surface area contributed by atoms with Crippen LogP contribution in [0.1, 0.15) is 21.5 Å². The van der Waals surface area contributed by atoms with Gasteiger partial charge in [0, 0.05) is 18.7 Å². The second-order valence-electron chi connectivity index (χ2n) is 5.64. The van der Waals surface area contributed by atoms with Gasteiger partial charge in [0.1, 0.15) is 0 Å². The van der Waals surface area contributed by atoms with Crippen LogP contribution >= 0.6 is 0 Å². The Morgan fingerprint density at radius 2 is 1.87 bits per heavy atom. The normalized spacial score (nSPS) is 14.6. The first kappa shape index (κ1) is 15.4. The highest BCUT2D eigenvalue weighted by atomic mass is 16.5. The van der Waals surface area contributed by atoms with E-state index in [0.29, 0.717) is 30.4 Å². The number of hydrogen-bond donors (Lipinski definition) is 1. The molecule has 0 radical (unpaired) electrons. The molecule has 1 aromatic heterocycles. The van der Waals surface area contributed by atoms with Crippen LogP contribution in [0.2, 0.25) is 0 Å². The van der Waals surface area contributed by atoms with Crippen LogP contribution in [0.3, 0.4) is 0 Å². The molecule has 0 atom stereocenters. The van der Waals surface area contributed by atoms with Gasteiger partial charge in [0.15, 0.2) is 0 Å². The molecule has 1 saturated heterocycles. The van der Waals surface area contributed by atoms with Crippen LogP contribution in [0, 0.1) is 13.8 Å². The maximum atomic E-state index is 12.4. The van der Waals surface area contributed by atoms with Gasteiger partial charge in [-0.15, -0.1) is 0 Å². The summed E-state index contributed by atoms with van der Waals surface area (Å²) < 4.78 is 5.31. The zero-order chi connectivity index (χ0) is 16.2. The minimum atomic E-state index is -0.145. The first-order valence-electron chi connectivity index (χ1n) is 7.67. The molecule has 0 unspecified atom stereocenters. The fraction of sp³-hybridized carbons (Fsp3) is 0.353. The summed E-state index contributed by atoms with van der Waals surface area (Å²) in [6.45, 7) is 6.84. The monoisotopic (exact) mass is 312 g/mol. The Hall–Kier alpha value is -2.47. The highest BCUT2D eigenvalue weighted by Crippen LogP contribution is 2.15. The molecule has 120 valence electrons. The summed E-state index contributed by atoms with van der Waals surface area (Å²) in [7, 11) is 0. The number of nitrogens with one attached hydrogen (secondary N) is 1. The molecule has 0 aliphatic carbocycles. The molecule has 0 spiro atoms. The zero-order valence-electron chi connectivity index (χ0n) is 13.4. The molecular formula is C17H20N4O2. The topological polar surface area (TPSA) is 67.4 Å². The first-order valence-corrected chi connectivity index (χ1v) is 7.67. The van der Waals surface area contributed by atoms with E-state index in [1.54, 1.807) is 12.4 Å². The summed E-state index contributed by atoms with van der Waals surface area (Å²) in [5.74, 6) is 0.520. The van der Waals surface area contributed by atoms with Gasteiger partial charge in [0.05, 0.1) is 31.3 Å². The number of nitrogens with zero attached hydrogens (tertiary/aromatic N) is 3. The predicted octanol–water partition coefficient (Wildman–Crippen LogP) is 2.18. The number of carbonyl (C=O) groups excluding carboxylic acids is 1. The van der Waals surface area contributed by atoms with Gasteiger partial charge in [0.25, 0.3) is 5.91 Å². The number of benzene rings is 1. The Morgan fingerprint density at radius 1 is 1.17 bits per heavy atom. The zero-order valence-corrected chi connectivity index (χ0v) is 13.4. The third kappa shape index (κ3) is 3.65. The molecule has 6 nitrogen and oxygen atoms in total. The molecule has 1 aliphatic rings. The third-order valence-corrected chi connectivity index (χ3v) is 3.83. The average Bonchev–Trinajstić information content (AvgIpc) is 2.58. The molecule has 1 N–H and O–H groups in total. The van der Waals surface area contributed by atoms with E-state index in [2.05, 4.69) is 20.2 Å². The number of aryl methyl sites for hydroxylation is 2. The highest BCUT2D eigenvalue weighted by Gasteiger charge is 2.14. The van der Waals surface area contributed by atoms with Crippen LogP contribution in [0.25, 0.3) is 0 Å². The molecule has 2 aromatic rings. The first-order chi connectivity index (χ1) is 11.1. The van der Waals surface area contributed by atoms with E-state index in [0.717, 1.165) is 24.2 Å². The van der Waals surface area contributed by atoms with E-state index in [4.69, 9.17) is 4.74 Å². The average molecular weight is 312 g/mol. The predicted molar refractivity (Wildman–Crippen MR) is 88.9 cm³/mol. The van der Waals surface area contributed by atoms with Crippen molar-refractivity contribution in [1.29, 1.82) is 0 Å². The number of hydrogen-bond acceptors (Lipinski definition) is 5. The minimum absolute atomic E-state index is 0.145. The van der Waals surface area contributed by atoms with Crippen molar-refractivity contribution in [2.75, 3.05) is 36.5 Å². The van der Waals surface area contributed by atoms with Crippen LogP contribution in [0.5, 0.6) is 0 Å². The van der Waals surface area contributed by atoms with Gasteiger partial charge in [0.2, 0.25) is 5.95 Å². The molecule has 0 saturated carbocycles. The number of morpholine rings is 1. The van der Waals surface area contributed by atoms with Crippen molar-refractivity contribution >= 4 is 17.5 Å². The number of ether oxygens (including phenoxy) is 1. The van der Waals surface area contributed by atoms with Crippen molar-refractivity contribution in [3.05, 3.63) is 47.3 Å². The Kier molecular flexibility index (Phi) is 4.52. The maximum absolute atomic E-state index is 12.4. The molecule has 0 bridgehead atoms. The lowest BCUT2D eigenvalue weighted by Crippen LogP contribution is -2.37. The fourth-order valence-corrected chi connectivity index (χ4v) is 2.49. The molecular weight excluding hydrogens is 292 g/mol. The van der Waals surface area contributed by atoms with Gasteiger partial charge >= 0.3 is 0 Å². The van der Waals surface area contributed by atoms with E-state index >= 15 is 0 Å². The van der Waals surface area contributed by atoms with Crippen molar-refractivity contribution in [1.82, 2.24) is 9.97 Å². The van der Waals surface area contributed by atoms with Gasteiger partial charge in [-0.1, -0.05) is 17.7 Å². The second-order valence-corrected chi connectivity index (χ2v) is 5.64. The summed E-state index contributed by atoms with van der Waals surface area (Å²) in [5.41, 5.74) is 3.26. The summed E-state index contributed by atoms with van der Waals surface area (Å²) in [6, 6.07) is 5.82. The maximum Gasteiger partial charge on any atom is 0.256 e. The van der Waals surface area contributed by atoms with Gasteiger partial charge in [-0.05, 0) is 25.5 Å². The second kappa shape index (κ2) is 6.75. The van der Waals surface area contributed by atoms with Crippen molar-refractivity contribution < 1.29 is 9.53 Å².